The van der Waals surface area contributed by atoms with E-state index in [-0.39, 0.29) is 42.3 Å². The number of nitrogens with zero attached hydrogens (tertiary/aromatic N) is 1. The fourth-order valence-corrected chi connectivity index (χ4v) is 8.70. The number of fused-ring (bicyclic) bond motifs is 16. The molecule has 0 aliphatic carbocycles. The number of ketones is 3. The van der Waals surface area contributed by atoms with Crippen molar-refractivity contribution in [1.29, 1.82) is 0 Å². The third kappa shape index (κ3) is 10.2. The summed E-state index contributed by atoms with van der Waals surface area (Å²) >= 11 is 0. The lowest BCUT2D eigenvalue weighted by molar-refractivity contribution is -0.266. The Bertz CT molecular complexity index is 1550. The summed E-state index contributed by atoms with van der Waals surface area (Å²) in [5.74, 6) is -8.03. The predicted octanol–water partition coefficient (Wildman–Crippen LogP) is 4.85. The number of methoxy groups -OCH3 is 2. The van der Waals surface area contributed by atoms with Crippen LogP contribution in [0.25, 0.3) is 0 Å². The minimum Gasteiger partial charge on any atom is -0.460 e. The molecular weight excluding hydrogens is 706 g/mol. The van der Waals surface area contributed by atoms with Crippen LogP contribution in [-0.2, 0) is 42.9 Å². The van der Waals surface area contributed by atoms with Crippen LogP contribution in [0.15, 0.2) is 47.6 Å². The molecule has 3 saturated heterocycles. The number of amides is 1. The Labute approximate surface area is 326 Å². The molecule has 1 amide bonds. The Morgan fingerprint density at radius 1 is 0.891 bits per heavy atom. The quantitative estimate of drug-likeness (QED) is 0.224. The van der Waals surface area contributed by atoms with Gasteiger partial charge in [0.25, 0.3) is 11.7 Å². The monoisotopic (exact) mass is 769 g/mol. The molecule has 0 aromatic rings. The van der Waals surface area contributed by atoms with E-state index in [1.54, 1.807) is 34.0 Å². The molecule has 0 aromatic heterocycles. The first-order valence-electron chi connectivity index (χ1n) is 19.9. The SMILES string of the molecule is CO[C@H]1C[C@@H]2CC[C@@H](C)[C@@](O)(O2)C(=O)C(=O)N2CCCC3[C@H]2C(=O)O[C@@H](CC(=O)[C@H](C)/C=C(\C)[C@@H](O)[C@@H](OC)C(=O)[C@H](C)C[C@H](C)/C=C/C=C/C=C/1C)[C@H]3C. The lowest BCUT2D eigenvalue weighted by Crippen LogP contribution is -2.64. The number of aliphatic hydroxyl groups excluding tert-OH is 1. The summed E-state index contributed by atoms with van der Waals surface area (Å²) < 4.78 is 23.2. The van der Waals surface area contributed by atoms with Crippen LogP contribution in [0.1, 0.15) is 93.4 Å². The van der Waals surface area contributed by atoms with Gasteiger partial charge >= 0.3 is 5.97 Å². The van der Waals surface area contributed by atoms with Gasteiger partial charge in [0, 0.05) is 51.4 Å². The van der Waals surface area contributed by atoms with Gasteiger partial charge in [0.05, 0.1) is 12.2 Å². The van der Waals surface area contributed by atoms with Crippen molar-refractivity contribution in [2.24, 2.45) is 35.5 Å². The van der Waals surface area contributed by atoms with Crippen LogP contribution in [-0.4, -0.2) is 107 Å². The van der Waals surface area contributed by atoms with Gasteiger partial charge in [-0.2, -0.15) is 0 Å². The van der Waals surface area contributed by atoms with Crippen molar-refractivity contribution in [3.8, 4) is 0 Å². The number of rotatable bonds is 2. The van der Waals surface area contributed by atoms with E-state index < -0.39 is 77.8 Å². The fourth-order valence-electron chi connectivity index (χ4n) is 8.70. The first-order chi connectivity index (χ1) is 25.9. The van der Waals surface area contributed by atoms with Gasteiger partial charge in [-0.1, -0.05) is 71.1 Å². The smallest absolute Gasteiger partial charge is 0.329 e. The molecule has 12 nitrogen and oxygen atoms in total. The van der Waals surface area contributed by atoms with Crippen LogP contribution in [0.2, 0.25) is 0 Å². The van der Waals surface area contributed by atoms with E-state index in [1.807, 2.05) is 58.1 Å². The zero-order valence-corrected chi connectivity index (χ0v) is 34.1. The molecule has 13 atom stereocenters. The average molecular weight is 770 g/mol. The van der Waals surface area contributed by atoms with Gasteiger partial charge in [0.15, 0.2) is 5.78 Å². The number of esters is 1. The van der Waals surface area contributed by atoms with Crippen LogP contribution in [0.5, 0.6) is 0 Å². The third-order valence-electron chi connectivity index (χ3n) is 12.4. The summed E-state index contributed by atoms with van der Waals surface area (Å²) in [6, 6.07) is -1.04. The van der Waals surface area contributed by atoms with Gasteiger partial charge in [0.1, 0.15) is 30.1 Å². The summed E-state index contributed by atoms with van der Waals surface area (Å²) in [5.41, 5.74) is 1.31. The van der Waals surface area contributed by atoms with E-state index in [0.29, 0.717) is 44.1 Å². The normalized spacial score (nSPS) is 42.5. The Morgan fingerprint density at radius 3 is 2.27 bits per heavy atom. The van der Waals surface area contributed by atoms with Crippen molar-refractivity contribution in [1.82, 2.24) is 4.90 Å². The summed E-state index contributed by atoms with van der Waals surface area (Å²) in [5, 5.41) is 23.0. The highest BCUT2D eigenvalue weighted by molar-refractivity contribution is 6.39. The van der Waals surface area contributed by atoms with Crippen LogP contribution in [0.3, 0.4) is 0 Å². The molecule has 0 radical (unpaired) electrons. The van der Waals surface area contributed by atoms with Gasteiger partial charge in [-0.3, -0.25) is 19.2 Å². The van der Waals surface area contributed by atoms with Crippen molar-refractivity contribution in [3.63, 3.8) is 0 Å². The highest BCUT2D eigenvalue weighted by Crippen LogP contribution is 2.41. The van der Waals surface area contributed by atoms with Crippen molar-refractivity contribution in [2.75, 3.05) is 20.8 Å². The average Bonchev–Trinajstić information content (AvgIpc) is 3.15. The lowest BCUT2D eigenvalue weighted by atomic mass is 9.74. The maximum Gasteiger partial charge on any atom is 0.329 e. The number of hydrogen-bond acceptors (Lipinski definition) is 11. The topological polar surface area (TPSA) is 166 Å². The third-order valence-corrected chi connectivity index (χ3v) is 12.4. The number of allylic oxidation sites excluding steroid dienone is 6. The van der Waals surface area contributed by atoms with E-state index in [4.69, 9.17) is 18.9 Å². The largest absolute Gasteiger partial charge is 0.460 e. The molecule has 12 heteroatoms. The first-order valence-corrected chi connectivity index (χ1v) is 19.9. The first kappa shape index (κ1) is 44.4. The number of aliphatic hydroxyl groups is 2. The zero-order valence-electron chi connectivity index (χ0n) is 34.1. The molecule has 2 N–H and O–H groups in total. The van der Waals surface area contributed by atoms with E-state index in [9.17, 15) is 34.2 Å². The zero-order chi connectivity index (χ0) is 40.8. The number of piperidine rings is 1. The highest BCUT2D eigenvalue weighted by Gasteiger charge is 2.56. The molecular formula is C43H63NO11. The van der Waals surface area contributed by atoms with Gasteiger partial charge in [0.2, 0.25) is 5.79 Å². The number of carbonyl (C=O) groups is 5. The van der Waals surface area contributed by atoms with Crippen LogP contribution < -0.4 is 0 Å². The Hall–Kier alpha value is -3.29. The summed E-state index contributed by atoms with van der Waals surface area (Å²) in [7, 11) is 2.96. The molecule has 5 rings (SSSR count). The Morgan fingerprint density at radius 2 is 1.60 bits per heavy atom. The molecule has 3 fully saturated rings. The molecule has 0 saturated carbocycles. The molecule has 55 heavy (non-hydrogen) atoms. The number of Topliss-reactive ketones (excluding diaryl/α,β-unsaturated/α-hetero) is 3. The molecule has 1 unspecified atom stereocenters. The maximum absolute atomic E-state index is 14.0. The highest BCUT2D eigenvalue weighted by atomic mass is 16.6. The van der Waals surface area contributed by atoms with Crippen LogP contribution >= 0.6 is 0 Å². The van der Waals surface area contributed by atoms with Gasteiger partial charge in [-0.15, -0.1) is 0 Å². The van der Waals surface area contributed by atoms with E-state index in [0.717, 1.165) is 5.57 Å². The predicted molar refractivity (Wildman–Crippen MR) is 205 cm³/mol. The summed E-state index contributed by atoms with van der Waals surface area (Å²) in [6.45, 7) is 12.8. The van der Waals surface area contributed by atoms with Gasteiger partial charge in [-0.05, 0) is 74.9 Å². The molecule has 0 spiro atoms. The summed E-state index contributed by atoms with van der Waals surface area (Å²) in [4.78, 5) is 69.8. The molecule has 6 bridgehead atoms. The minimum absolute atomic E-state index is 0.0439. The van der Waals surface area contributed by atoms with E-state index in [1.165, 1.54) is 12.0 Å². The number of ether oxygens (including phenoxy) is 4. The number of carbonyl (C=O) groups excluding carboxylic acids is 5. The Balaban J connectivity index is 1.66. The van der Waals surface area contributed by atoms with Crippen LogP contribution in [0.4, 0.5) is 0 Å². The summed E-state index contributed by atoms with van der Waals surface area (Å²) in [6.07, 6.45) is 9.95. The fraction of sp³-hybridized carbons (Fsp3) is 0.698. The van der Waals surface area contributed by atoms with E-state index >= 15 is 0 Å². The molecule has 5 aliphatic rings. The second-order valence-electron chi connectivity index (χ2n) is 16.5. The second-order valence-corrected chi connectivity index (χ2v) is 16.5. The molecule has 0 aromatic carbocycles. The maximum atomic E-state index is 14.0. The van der Waals surface area contributed by atoms with Crippen molar-refractivity contribution >= 4 is 29.2 Å². The number of hydrogen-bond donors (Lipinski definition) is 2. The van der Waals surface area contributed by atoms with Gasteiger partial charge < -0.3 is 34.1 Å². The molecule has 5 aliphatic heterocycles. The molecule has 306 valence electrons. The van der Waals surface area contributed by atoms with E-state index in [2.05, 4.69) is 0 Å². The lowest BCUT2D eigenvalue weighted by Gasteiger charge is -2.48. The van der Waals surface area contributed by atoms with Crippen LogP contribution in [0, 0.1) is 35.5 Å². The van der Waals surface area contributed by atoms with Crippen molar-refractivity contribution in [3.05, 3.63) is 47.6 Å². The van der Waals surface area contributed by atoms with Crippen molar-refractivity contribution in [2.45, 2.75) is 136 Å². The van der Waals surface area contributed by atoms with Gasteiger partial charge in [-0.25, -0.2) is 4.79 Å². The molecule has 5 heterocycles. The minimum atomic E-state index is -2.38. The van der Waals surface area contributed by atoms with Crippen molar-refractivity contribution < 1.29 is 53.1 Å². The standard InChI is InChI=1S/C43H63NO11/c1-24-14-11-10-12-15-25(2)34(52-8)22-31-18-17-29(6)43(51,55-31)40(48)41(49)44-19-13-16-32-30(7)35(54-42(50)36(32)44)23-33(45)26(3)21-28(5)38(47)39(53-9)37(46)27(4)20-24/h10-12,14-15,21,24,26-27,29-32,34-36,38-39,47,51H,13,16-20,22-23H2,1-9H3/b12-10+,14-11+,25-15+,28-21+/t24-,26-,27-,29-,30+,31+,32?,34+,35+,36+,38-,39+,43-/m1/s1. The second kappa shape index (κ2) is 19.2. The Kier molecular flexibility index (Phi) is 15.5.